The second-order valence-electron chi connectivity index (χ2n) is 30.4. The number of nitrogens with one attached hydrogen (secondary N) is 4. The van der Waals surface area contributed by atoms with E-state index in [2.05, 4.69) is 84.1 Å². The lowest BCUT2D eigenvalue weighted by atomic mass is 9.76. The lowest BCUT2D eigenvalue weighted by molar-refractivity contribution is -0.118. The third kappa shape index (κ3) is 21.2. The molecule has 6 aromatic rings. The molecule has 0 bridgehead atoms. The Hall–Kier alpha value is -6.32. The quantitative estimate of drug-likeness (QED) is 0.0469. The average Bonchev–Trinajstić information content (AvgIpc) is 1.61. The van der Waals surface area contributed by atoms with Gasteiger partial charge in [-0.15, -0.1) is 0 Å². The first-order valence-corrected chi connectivity index (χ1v) is 38.3. The summed E-state index contributed by atoms with van der Waals surface area (Å²) in [6.45, 7) is 10.6. The molecule has 5 saturated carbocycles. The van der Waals surface area contributed by atoms with E-state index in [1.807, 2.05) is 71.1 Å². The van der Waals surface area contributed by atoms with Crippen LogP contribution >= 0.6 is 69.0 Å². The monoisotopic (exact) mass is 1570 g/mol. The van der Waals surface area contributed by atoms with Crippen LogP contribution in [0.1, 0.15) is 149 Å². The van der Waals surface area contributed by atoms with Crippen molar-refractivity contribution in [2.75, 3.05) is 21.3 Å². The second-order valence-corrected chi connectivity index (χ2v) is 33.3. The summed E-state index contributed by atoms with van der Waals surface area (Å²) < 4.78 is 39.2. The summed E-state index contributed by atoms with van der Waals surface area (Å²) in [6.07, 6.45) is 28.2. The number of hydrogen-bond donors (Lipinski definition) is 4. The van der Waals surface area contributed by atoms with Crippen molar-refractivity contribution >= 4 is 134 Å². The first-order valence-electron chi connectivity index (χ1n) is 35.7. The van der Waals surface area contributed by atoms with Crippen molar-refractivity contribution in [2.45, 2.75) is 155 Å². The number of carbonyl (C=O) groups excluding carboxylic acids is 5. The number of nitrogens with zero attached hydrogens (tertiary/aromatic N) is 2. The molecule has 0 radical (unpaired) electrons. The maximum Gasteiger partial charge on any atom is 0.490 e. The molecule has 6 fully saturated rings. The van der Waals surface area contributed by atoms with Crippen molar-refractivity contribution < 1.29 is 42.1 Å². The largest absolute Gasteiger partial charge is 0.490 e. The second kappa shape index (κ2) is 34.7. The van der Waals surface area contributed by atoms with Gasteiger partial charge in [0.25, 0.3) is 0 Å². The molecule has 13 nitrogen and oxygen atoms in total. The topological polar surface area (TPSA) is 178 Å². The molecule has 538 valence electrons. The minimum Gasteiger partial charge on any atom is -0.400 e. The zero-order valence-corrected chi connectivity index (χ0v) is 63.5. The van der Waals surface area contributed by atoms with Crippen LogP contribution in [-0.4, -0.2) is 57.7 Å². The van der Waals surface area contributed by atoms with Gasteiger partial charge >= 0.3 is 7.12 Å². The van der Waals surface area contributed by atoms with E-state index in [1.165, 1.54) is 42.7 Å². The van der Waals surface area contributed by atoms with Gasteiger partial charge in [-0.25, -0.2) is 8.78 Å². The van der Waals surface area contributed by atoms with Crippen molar-refractivity contribution in [2.24, 2.45) is 71.0 Å². The van der Waals surface area contributed by atoms with E-state index in [0.29, 0.717) is 120 Å². The highest BCUT2D eigenvalue weighted by Gasteiger charge is 2.54. The van der Waals surface area contributed by atoms with Crippen LogP contribution in [0.3, 0.4) is 0 Å². The number of benzene rings is 4. The number of hydrogen-bond acceptors (Lipinski definition) is 9. The smallest absolute Gasteiger partial charge is 0.400 e. The Morgan fingerprint density at radius 1 is 0.471 bits per heavy atom. The maximum atomic E-state index is 13.9. The first-order chi connectivity index (χ1) is 48.7. The lowest BCUT2D eigenvalue weighted by Crippen LogP contribution is -2.41. The van der Waals surface area contributed by atoms with Gasteiger partial charge in [0.15, 0.2) is 5.82 Å². The van der Waals surface area contributed by atoms with E-state index in [9.17, 15) is 32.8 Å². The summed E-state index contributed by atoms with van der Waals surface area (Å²) in [7, 11) is -0.220. The number of halogens is 7. The number of Topliss-reactive ketones (excluding diaryl/α,β-unsaturated/α-hetero) is 1. The fourth-order valence-corrected chi connectivity index (χ4v) is 17.6. The van der Waals surface area contributed by atoms with Gasteiger partial charge in [-0.3, -0.25) is 33.9 Å². The molecule has 12 atom stereocenters. The number of fused-ring (bicyclic) bond motifs is 4. The standard InChI is InChI=1S/C22H29BClNO3.C21H20ClFN2O.C17H20ClNO.C16H18ClNO2.C5H3FIN/c1-21(2)22(3,4)28-23(27-21)17-12-15-9-14(10-16(15)13-17)11-20(26)25-19-7-5-18(24)6-8-19;22-17-1-3-18(4-2-17)25-21(26)9-13-7-14-10-16(11-15(14)8-13)19-5-6-24-12-20(19)23;1-11-6-13-8-12(9-14(13)7-11)10-17(20)19-16-4-2-15(18)3-5-16;17-13-1-3-14(4-2-13)18-16(20)7-10-5-11-8-15(19)9-12(11)6-10;6-4-3-8-2-1-5(4)7/h5-8,12,14-16H,9-11,13H2,1-4H3,(H,25,26);1-6,10,12-15H,7-9,11H2,(H,25,26);2-6,12-14H,7-10H2,1H3,(H,19,20);1-4,10-12H,5-9H2,(H,18,20);1-3H/t14-,15-,16+;13-,14-,15+;12-,13+,14-;10?,11-,12+;/m000../s1. The number of carbonyl (C=O) groups is 5. The summed E-state index contributed by atoms with van der Waals surface area (Å²) in [5.41, 5.74) is 7.18. The predicted octanol–water partition coefficient (Wildman–Crippen LogP) is 20.8. The molecule has 1 saturated heterocycles. The molecule has 1 unspecified atom stereocenters. The normalized spacial score (nSPS) is 26.3. The van der Waals surface area contributed by atoms with Gasteiger partial charge in [-0.05, 0) is 319 Å². The zero-order chi connectivity index (χ0) is 72.4. The van der Waals surface area contributed by atoms with Gasteiger partial charge in [0, 0.05) is 99.3 Å². The Morgan fingerprint density at radius 3 is 1.19 bits per heavy atom. The van der Waals surface area contributed by atoms with Crippen molar-refractivity contribution in [3.63, 3.8) is 0 Å². The van der Waals surface area contributed by atoms with Gasteiger partial charge in [-0.1, -0.05) is 70.2 Å². The van der Waals surface area contributed by atoms with E-state index >= 15 is 0 Å². The Kier molecular flexibility index (Phi) is 26.2. The minimum absolute atomic E-state index is 0.0432. The lowest BCUT2D eigenvalue weighted by Gasteiger charge is -2.32. The molecule has 15 rings (SSSR count). The first kappa shape index (κ1) is 76.8. The SMILES string of the molecule is CC1(C)OB(C2=C[C@@H]3C[C@H](CC(=O)Nc4ccc(Cl)cc4)C[C@@H]3C2)OC1(C)C.CC1=C[C@@H]2C[C@H](CC(=O)Nc3ccc(Cl)cc3)C[C@@H]2C1.Fc1cnccc1I.O=C(C[C@@H]1C[C@@H]2CC(c3ccncc3F)=C[C@@H]2C1)Nc1ccc(Cl)cc1.O=C1C[C@@H]2CC(CC(=O)Nc3ccc(Cl)cc3)C[C@@H]2C1. The fourth-order valence-electron chi connectivity index (χ4n) is 16.8. The van der Waals surface area contributed by atoms with Crippen LogP contribution in [0.2, 0.25) is 20.1 Å². The van der Waals surface area contributed by atoms with Crippen molar-refractivity contribution in [3.05, 3.63) is 204 Å². The van der Waals surface area contributed by atoms with Gasteiger partial charge in [0.1, 0.15) is 11.6 Å². The molecule has 4 aromatic carbocycles. The zero-order valence-electron chi connectivity index (χ0n) is 58.4. The van der Waals surface area contributed by atoms with Crippen LogP contribution in [0.25, 0.3) is 5.57 Å². The Labute approximate surface area is 632 Å². The van der Waals surface area contributed by atoms with Crippen molar-refractivity contribution in [1.29, 1.82) is 0 Å². The molecule has 3 heterocycles. The molecule has 21 heteroatoms. The number of pyridine rings is 2. The van der Waals surface area contributed by atoms with Crippen LogP contribution in [0.15, 0.2) is 163 Å². The van der Waals surface area contributed by atoms with E-state index in [0.717, 1.165) is 104 Å². The average molecular weight is 1580 g/mol. The molecular weight excluding hydrogens is 1490 g/mol. The summed E-state index contributed by atoms with van der Waals surface area (Å²) in [4.78, 5) is 67.5. The van der Waals surface area contributed by atoms with Crippen LogP contribution in [0.4, 0.5) is 31.5 Å². The summed E-state index contributed by atoms with van der Waals surface area (Å²) in [6, 6.07) is 32.2. The van der Waals surface area contributed by atoms with Crippen molar-refractivity contribution in [1.82, 2.24) is 9.97 Å². The third-order valence-corrected chi connectivity index (χ3v) is 24.1. The molecule has 4 N–H and O–H groups in total. The molecule has 102 heavy (non-hydrogen) atoms. The fraction of sp³-hybridized carbons (Fsp3) is 0.444. The highest BCUT2D eigenvalue weighted by Crippen LogP contribution is 2.52. The Balaban J connectivity index is 0.000000133. The van der Waals surface area contributed by atoms with Crippen LogP contribution < -0.4 is 21.3 Å². The third-order valence-electron chi connectivity index (χ3n) is 22.2. The van der Waals surface area contributed by atoms with Crippen LogP contribution in [0.5, 0.6) is 0 Å². The van der Waals surface area contributed by atoms with Gasteiger partial charge in [-0.2, -0.15) is 0 Å². The van der Waals surface area contributed by atoms with Gasteiger partial charge in [0.05, 0.1) is 27.2 Å². The molecule has 9 aliphatic rings. The number of aromatic nitrogens is 2. The predicted molar refractivity (Wildman–Crippen MR) is 413 cm³/mol. The Bertz CT molecular complexity index is 4000. The number of allylic oxidation sites excluding steroid dienone is 6. The van der Waals surface area contributed by atoms with Gasteiger partial charge in [0.2, 0.25) is 23.6 Å². The summed E-state index contributed by atoms with van der Waals surface area (Å²) >= 11 is 25.3. The van der Waals surface area contributed by atoms with Crippen LogP contribution in [-0.2, 0) is 33.3 Å². The number of ketones is 1. The van der Waals surface area contributed by atoms with E-state index in [4.69, 9.17) is 55.7 Å². The highest BCUT2D eigenvalue weighted by molar-refractivity contribution is 14.1. The number of amides is 4. The molecule has 2 aromatic heterocycles. The van der Waals surface area contributed by atoms with Gasteiger partial charge < -0.3 is 30.6 Å². The number of rotatable bonds is 14. The summed E-state index contributed by atoms with van der Waals surface area (Å²) in [5, 5.41) is 14.5. The highest BCUT2D eigenvalue weighted by atomic mass is 127. The van der Waals surface area contributed by atoms with E-state index in [1.54, 1.807) is 73.1 Å². The molecule has 4 amide bonds. The van der Waals surface area contributed by atoms with E-state index < -0.39 is 0 Å². The summed E-state index contributed by atoms with van der Waals surface area (Å²) in [5.74, 6) is 6.74. The Morgan fingerprint density at radius 2 is 0.824 bits per heavy atom. The van der Waals surface area contributed by atoms with Crippen molar-refractivity contribution in [3.8, 4) is 0 Å². The van der Waals surface area contributed by atoms with Crippen LogP contribution in [0, 0.1) is 86.2 Å². The number of anilines is 4. The molecule has 1 aliphatic heterocycles. The molecule has 0 spiro atoms. The maximum absolute atomic E-state index is 13.9. The van der Waals surface area contributed by atoms with E-state index in [-0.39, 0.29) is 53.6 Å². The molecule has 8 aliphatic carbocycles. The minimum atomic E-state index is -0.293. The molecular formula is C81H90BCl4F2IN6O7.